The first kappa shape index (κ1) is 18.5. The second-order valence-corrected chi connectivity index (χ2v) is 5.60. The molecule has 25 heavy (non-hydrogen) atoms. The molecule has 0 heterocycles. The topological polar surface area (TPSA) is 81.5 Å². The van der Waals surface area contributed by atoms with Crippen molar-refractivity contribution in [2.75, 3.05) is 11.9 Å². The Bertz CT molecular complexity index is 805. The highest BCUT2D eigenvalue weighted by Crippen LogP contribution is 2.28. The first-order valence-electron chi connectivity index (χ1n) is 7.65. The molecule has 0 unspecified atom stereocenters. The molecule has 0 aliphatic heterocycles. The second-order valence-electron chi connectivity index (χ2n) is 5.17. The molecule has 0 aliphatic rings. The first-order valence-corrected chi connectivity index (χ1v) is 8.03. The highest BCUT2D eigenvalue weighted by molar-refractivity contribution is 6.30. The Kier molecular flexibility index (Phi) is 6.54. The van der Waals surface area contributed by atoms with Crippen LogP contribution in [-0.4, -0.2) is 17.4 Å². The van der Waals surface area contributed by atoms with Gasteiger partial charge < -0.3 is 10.1 Å². The van der Waals surface area contributed by atoms with Crippen LogP contribution in [0, 0.1) is 10.1 Å². The Labute approximate surface area is 150 Å². The number of carbonyl (C=O) groups excluding carboxylic acids is 1. The van der Waals surface area contributed by atoms with Gasteiger partial charge in [-0.25, -0.2) is 0 Å². The standard InChI is InChI=1S/C18H17ClN2O4/c1-2-10-25-17-8-6-13(11-16(17)21(23)24)7-9-18(22)20-15-5-3-4-14(19)12-15/h3-9,11-12H,2,10H2,1H3,(H,20,22)/b9-7+. The van der Waals surface area contributed by atoms with Crippen molar-refractivity contribution in [2.45, 2.75) is 13.3 Å². The van der Waals surface area contributed by atoms with Gasteiger partial charge in [-0.1, -0.05) is 30.7 Å². The Balaban J connectivity index is 2.10. The zero-order valence-electron chi connectivity index (χ0n) is 13.6. The molecule has 0 aliphatic carbocycles. The quantitative estimate of drug-likeness (QED) is 0.441. The summed E-state index contributed by atoms with van der Waals surface area (Å²) in [7, 11) is 0. The number of nitro groups is 1. The lowest BCUT2D eigenvalue weighted by molar-refractivity contribution is -0.385. The average Bonchev–Trinajstić information content (AvgIpc) is 2.58. The molecule has 1 N–H and O–H groups in total. The fraction of sp³-hybridized carbons (Fsp3) is 0.167. The maximum atomic E-state index is 11.9. The van der Waals surface area contributed by atoms with Crippen molar-refractivity contribution in [3.8, 4) is 5.75 Å². The predicted octanol–water partition coefficient (Wildman–Crippen LogP) is 4.69. The molecule has 0 saturated carbocycles. The molecule has 0 atom stereocenters. The number of rotatable bonds is 7. The Morgan fingerprint density at radius 2 is 2.12 bits per heavy atom. The molecule has 0 radical (unpaired) electrons. The van der Waals surface area contributed by atoms with E-state index in [1.807, 2.05) is 6.92 Å². The van der Waals surface area contributed by atoms with E-state index in [4.69, 9.17) is 16.3 Å². The third-order valence-electron chi connectivity index (χ3n) is 3.16. The van der Waals surface area contributed by atoms with Gasteiger partial charge in [-0.15, -0.1) is 0 Å². The molecule has 1 amide bonds. The summed E-state index contributed by atoms with van der Waals surface area (Å²) in [5.74, 6) is -0.149. The van der Waals surface area contributed by atoms with E-state index in [0.717, 1.165) is 6.42 Å². The number of ether oxygens (including phenoxy) is 1. The number of halogens is 1. The van der Waals surface area contributed by atoms with Gasteiger partial charge in [0, 0.05) is 22.9 Å². The lowest BCUT2D eigenvalue weighted by Gasteiger charge is -2.06. The number of benzene rings is 2. The van der Waals surface area contributed by atoms with E-state index in [-0.39, 0.29) is 17.3 Å². The number of nitro benzene ring substituents is 1. The summed E-state index contributed by atoms with van der Waals surface area (Å²) in [6, 6.07) is 11.3. The van der Waals surface area contributed by atoms with Crippen molar-refractivity contribution in [1.82, 2.24) is 0 Å². The molecule has 2 rings (SSSR count). The normalized spacial score (nSPS) is 10.6. The second kappa shape index (κ2) is 8.84. The molecular weight excluding hydrogens is 344 g/mol. The van der Waals surface area contributed by atoms with Crippen molar-refractivity contribution in [3.05, 3.63) is 69.2 Å². The summed E-state index contributed by atoms with van der Waals surface area (Å²) in [4.78, 5) is 22.6. The Morgan fingerprint density at radius 1 is 1.32 bits per heavy atom. The van der Waals surface area contributed by atoms with Crippen molar-refractivity contribution in [3.63, 3.8) is 0 Å². The number of amides is 1. The van der Waals surface area contributed by atoms with Crippen LogP contribution in [0.4, 0.5) is 11.4 Å². The van der Waals surface area contributed by atoms with E-state index < -0.39 is 4.92 Å². The molecule has 130 valence electrons. The highest BCUT2D eigenvalue weighted by atomic mass is 35.5. The third-order valence-corrected chi connectivity index (χ3v) is 3.40. The smallest absolute Gasteiger partial charge is 0.311 e. The fourth-order valence-corrected chi connectivity index (χ4v) is 2.23. The molecule has 7 heteroatoms. The van der Waals surface area contributed by atoms with Crippen molar-refractivity contribution in [1.29, 1.82) is 0 Å². The van der Waals surface area contributed by atoms with Crippen molar-refractivity contribution < 1.29 is 14.5 Å². The molecule has 0 aromatic heterocycles. The van der Waals surface area contributed by atoms with Crippen LogP contribution >= 0.6 is 11.6 Å². The lowest BCUT2D eigenvalue weighted by atomic mass is 10.1. The van der Waals surface area contributed by atoms with E-state index in [1.54, 1.807) is 30.3 Å². The van der Waals surface area contributed by atoms with Gasteiger partial charge in [-0.3, -0.25) is 14.9 Å². The number of carbonyl (C=O) groups is 1. The summed E-state index contributed by atoms with van der Waals surface area (Å²) in [6.45, 7) is 2.32. The van der Waals surface area contributed by atoms with Crippen LogP contribution in [0.1, 0.15) is 18.9 Å². The van der Waals surface area contributed by atoms with Gasteiger partial charge in [0.25, 0.3) is 0 Å². The van der Waals surface area contributed by atoms with Crippen LogP contribution in [0.25, 0.3) is 6.08 Å². The van der Waals surface area contributed by atoms with Crippen LogP contribution in [0.3, 0.4) is 0 Å². The average molecular weight is 361 g/mol. The van der Waals surface area contributed by atoms with Gasteiger partial charge in [0.05, 0.1) is 11.5 Å². The van der Waals surface area contributed by atoms with Gasteiger partial charge in [-0.2, -0.15) is 0 Å². The minimum Gasteiger partial charge on any atom is -0.487 e. The minimum atomic E-state index is -0.506. The largest absolute Gasteiger partial charge is 0.487 e. The van der Waals surface area contributed by atoms with Gasteiger partial charge in [0.1, 0.15) is 0 Å². The summed E-state index contributed by atoms with van der Waals surface area (Å²) < 4.78 is 5.36. The van der Waals surface area contributed by atoms with Crippen molar-refractivity contribution in [2.24, 2.45) is 0 Å². The molecule has 0 fully saturated rings. The summed E-state index contributed by atoms with van der Waals surface area (Å²) in [5.41, 5.74) is 0.957. The van der Waals surface area contributed by atoms with E-state index in [0.29, 0.717) is 22.9 Å². The number of nitrogens with zero attached hydrogens (tertiary/aromatic N) is 1. The van der Waals surface area contributed by atoms with E-state index >= 15 is 0 Å². The fourth-order valence-electron chi connectivity index (χ4n) is 2.04. The van der Waals surface area contributed by atoms with Crippen LogP contribution in [0.2, 0.25) is 5.02 Å². The van der Waals surface area contributed by atoms with Crippen molar-refractivity contribution >= 4 is 35.0 Å². The summed E-state index contributed by atoms with van der Waals surface area (Å²) >= 11 is 5.85. The third kappa shape index (κ3) is 5.61. The molecule has 2 aromatic rings. The molecular formula is C18H17ClN2O4. The van der Waals surface area contributed by atoms with E-state index in [9.17, 15) is 14.9 Å². The van der Waals surface area contributed by atoms with E-state index in [2.05, 4.69) is 5.32 Å². The predicted molar refractivity (Wildman–Crippen MR) is 98.0 cm³/mol. The maximum absolute atomic E-state index is 11.9. The van der Waals surface area contributed by atoms with Gasteiger partial charge in [-0.05, 0) is 42.3 Å². The highest BCUT2D eigenvalue weighted by Gasteiger charge is 2.15. The molecule has 2 aromatic carbocycles. The van der Waals surface area contributed by atoms with Crippen LogP contribution in [-0.2, 0) is 4.79 Å². The molecule has 0 spiro atoms. The number of hydrogen-bond acceptors (Lipinski definition) is 4. The molecule has 6 nitrogen and oxygen atoms in total. The lowest BCUT2D eigenvalue weighted by Crippen LogP contribution is -2.07. The summed E-state index contributed by atoms with van der Waals surface area (Å²) in [5, 5.41) is 14.3. The van der Waals surface area contributed by atoms with Gasteiger partial charge in [0.2, 0.25) is 5.91 Å². The van der Waals surface area contributed by atoms with Gasteiger partial charge >= 0.3 is 5.69 Å². The number of nitrogens with one attached hydrogen (secondary N) is 1. The monoisotopic (exact) mass is 360 g/mol. The zero-order chi connectivity index (χ0) is 18.2. The van der Waals surface area contributed by atoms with Crippen LogP contribution < -0.4 is 10.1 Å². The SMILES string of the molecule is CCCOc1ccc(/C=C/C(=O)Nc2cccc(Cl)c2)cc1[N+](=O)[O-]. The maximum Gasteiger partial charge on any atom is 0.311 e. The zero-order valence-corrected chi connectivity index (χ0v) is 14.3. The van der Waals surface area contributed by atoms with Crippen LogP contribution in [0.15, 0.2) is 48.5 Å². The minimum absolute atomic E-state index is 0.133. The molecule has 0 saturated heterocycles. The van der Waals surface area contributed by atoms with Crippen LogP contribution in [0.5, 0.6) is 5.75 Å². The van der Waals surface area contributed by atoms with Gasteiger partial charge in [0.15, 0.2) is 5.75 Å². The first-order chi connectivity index (χ1) is 12.0. The Morgan fingerprint density at radius 3 is 2.80 bits per heavy atom. The number of hydrogen-bond donors (Lipinski definition) is 1. The summed E-state index contributed by atoms with van der Waals surface area (Å²) in [6.07, 6.45) is 3.55. The molecule has 0 bridgehead atoms. The number of anilines is 1. The van der Waals surface area contributed by atoms with E-state index in [1.165, 1.54) is 24.3 Å². The Hall–Kier alpha value is -2.86.